The third-order valence-corrected chi connectivity index (χ3v) is 3.52. The Kier molecular flexibility index (Phi) is 5.34. The van der Waals surface area contributed by atoms with Gasteiger partial charge in [0.05, 0.1) is 24.6 Å². The Morgan fingerprint density at radius 1 is 1.45 bits per heavy atom. The summed E-state index contributed by atoms with van der Waals surface area (Å²) in [6.07, 6.45) is 5.63. The zero-order valence-corrected chi connectivity index (χ0v) is 13.8. The maximum atomic E-state index is 12.0. The zero-order valence-electron chi connectivity index (χ0n) is 13.8. The first kappa shape index (κ1) is 16.7. The lowest BCUT2D eigenvalue weighted by molar-refractivity contribution is 0.0228. The number of likely N-dealkylation sites (tertiary alicyclic amines) is 1. The summed E-state index contributed by atoms with van der Waals surface area (Å²) in [6, 6.07) is 0. The quantitative estimate of drug-likeness (QED) is 0.856. The van der Waals surface area contributed by atoms with Gasteiger partial charge in [0.1, 0.15) is 5.60 Å². The summed E-state index contributed by atoms with van der Waals surface area (Å²) in [5, 5.41) is 0. The van der Waals surface area contributed by atoms with Crippen molar-refractivity contribution in [2.45, 2.75) is 45.8 Å². The van der Waals surface area contributed by atoms with Crippen LogP contribution in [0.5, 0.6) is 0 Å². The Hall–Kier alpha value is -1.69. The Bertz CT molecular complexity index is 487. The molecule has 1 aromatic rings. The number of amides is 1. The summed E-state index contributed by atoms with van der Waals surface area (Å²) in [4.78, 5) is 22.0. The third-order valence-electron chi connectivity index (χ3n) is 3.52. The van der Waals surface area contributed by atoms with Crippen LogP contribution >= 0.6 is 0 Å². The van der Waals surface area contributed by atoms with Gasteiger partial charge < -0.3 is 14.4 Å². The fourth-order valence-electron chi connectivity index (χ4n) is 2.35. The summed E-state index contributed by atoms with van der Waals surface area (Å²) in [7, 11) is 0. The summed E-state index contributed by atoms with van der Waals surface area (Å²) in [5.41, 5.74) is 0.371. The summed E-state index contributed by atoms with van der Waals surface area (Å²) in [6.45, 7) is 9.62. The van der Waals surface area contributed by atoms with Crippen molar-refractivity contribution in [2.24, 2.45) is 5.92 Å². The Balaban J connectivity index is 1.76. The van der Waals surface area contributed by atoms with Gasteiger partial charge in [-0.2, -0.15) is 0 Å². The number of hydrogen-bond acceptors (Lipinski definition) is 5. The average Bonchev–Trinajstić information content (AvgIpc) is 2.93. The van der Waals surface area contributed by atoms with E-state index in [1.807, 2.05) is 27.7 Å². The Morgan fingerprint density at radius 3 is 2.86 bits per heavy atom. The molecule has 1 aliphatic rings. The van der Waals surface area contributed by atoms with Gasteiger partial charge in [-0.25, -0.2) is 4.79 Å². The van der Waals surface area contributed by atoms with Crippen molar-refractivity contribution < 1.29 is 14.3 Å². The van der Waals surface area contributed by atoms with E-state index in [4.69, 9.17) is 9.47 Å². The van der Waals surface area contributed by atoms with E-state index in [1.54, 1.807) is 23.5 Å². The Labute approximate surface area is 131 Å². The molecule has 0 radical (unpaired) electrons. The fraction of sp³-hybridized carbons (Fsp3) is 0.688. The van der Waals surface area contributed by atoms with E-state index >= 15 is 0 Å². The molecule has 1 aliphatic heterocycles. The van der Waals surface area contributed by atoms with Crippen molar-refractivity contribution in [3.63, 3.8) is 0 Å². The molecule has 122 valence electrons. The number of hydrogen-bond donors (Lipinski definition) is 0. The van der Waals surface area contributed by atoms with Gasteiger partial charge >= 0.3 is 6.09 Å². The minimum atomic E-state index is -0.452. The van der Waals surface area contributed by atoms with Crippen molar-refractivity contribution in [1.82, 2.24) is 14.9 Å². The highest BCUT2D eigenvalue weighted by Crippen LogP contribution is 2.22. The first-order valence-electron chi connectivity index (χ1n) is 7.70. The molecule has 6 nitrogen and oxygen atoms in total. The van der Waals surface area contributed by atoms with Crippen LogP contribution in [0, 0.1) is 5.92 Å². The molecule has 6 heteroatoms. The van der Waals surface area contributed by atoms with Crippen LogP contribution < -0.4 is 0 Å². The normalized spacial score (nSPS) is 20.0. The van der Waals surface area contributed by atoms with Gasteiger partial charge in [-0.1, -0.05) is 0 Å². The van der Waals surface area contributed by atoms with Crippen molar-refractivity contribution in [3.05, 3.63) is 24.3 Å². The molecule has 22 heavy (non-hydrogen) atoms. The van der Waals surface area contributed by atoms with Crippen molar-refractivity contribution >= 4 is 6.09 Å². The highest BCUT2D eigenvalue weighted by molar-refractivity contribution is 5.68. The first-order chi connectivity index (χ1) is 10.3. The lowest BCUT2D eigenvalue weighted by Gasteiger charge is -2.24. The molecule has 1 amide bonds. The topological polar surface area (TPSA) is 64.5 Å². The van der Waals surface area contributed by atoms with E-state index in [1.165, 1.54) is 0 Å². The van der Waals surface area contributed by atoms with Crippen molar-refractivity contribution in [1.29, 1.82) is 0 Å². The van der Waals surface area contributed by atoms with Crippen LogP contribution in [0.3, 0.4) is 0 Å². The number of aromatic nitrogens is 2. The number of nitrogens with zero attached hydrogens (tertiary/aromatic N) is 3. The predicted octanol–water partition coefficient (Wildman–Crippen LogP) is 2.81. The molecule has 2 atom stereocenters. The summed E-state index contributed by atoms with van der Waals surface area (Å²) in [5.74, 6) is 0.339. The standard InChI is InChI=1S/C16H25N3O3/c1-12(14-9-17-6-7-18-14)21-11-13-5-8-19(10-13)15(20)22-16(2,3)4/h6-7,9,12-13H,5,8,10-11H2,1-4H3/t12-,13-/m1/s1. The smallest absolute Gasteiger partial charge is 0.410 e. The monoisotopic (exact) mass is 307 g/mol. The van der Waals surface area contributed by atoms with E-state index in [0.717, 1.165) is 18.7 Å². The average molecular weight is 307 g/mol. The predicted molar refractivity (Wildman–Crippen MR) is 82.3 cm³/mol. The van der Waals surface area contributed by atoms with Crippen LogP contribution in [-0.2, 0) is 9.47 Å². The molecule has 0 bridgehead atoms. The second kappa shape index (κ2) is 7.05. The Morgan fingerprint density at radius 2 is 2.23 bits per heavy atom. The van der Waals surface area contributed by atoms with Gasteiger partial charge in [0.2, 0.25) is 0 Å². The highest BCUT2D eigenvalue weighted by Gasteiger charge is 2.30. The van der Waals surface area contributed by atoms with Crippen LogP contribution in [0.1, 0.15) is 45.9 Å². The first-order valence-corrected chi connectivity index (χ1v) is 7.70. The van der Waals surface area contributed by atoms with Crippen LogP contribution in [0.2, 0.25) is 0 Å². The van der Waals surface area contributed by atoms with Crippen molar-refractivity contribution in [2.75, 3.05) is 19.7 Å². The fourth-order valence-corrected chi connectivity index (χ4v) is 2.35. The molecule has 0 aliphatic carbocycles. The lowest BCUT2D eigenvalue weighted by Crippen LogP contribution is -2.35. The molecular weight excluding hydrogens is 282 g/mol. The maximum absolute atomic E-state index is 12.0. The van der Waals surface area contributed by atoms with Gasteiger partial charge in [-0.15, -0.1) is 0 Å². The minimum Gasteiger partial charge on any atom is -0.444 e. The number of rotatable bonds is 4. The van der Waals surface area contributed by atoms with E-state index in [9.17, 15) is 4.79 Å². The highest BCUT2D eigenvalue weighted by atomic mass is 16.6. The molecule has 0 spiro atoms. The molecule has 0 N–H and O–H groups in total. The molecule has 0 aromatic carbocycles. The lowest BCUT2D eigenvalue weighted by atomic mass is 10.1. The van der Waals surface area contributed by atoms with E-state index in [2.05, 4.69) is 9.97 Å². The van der Waals surface area contributed by atoms with Crippen LogP contribution in [0.25, 0.3) is 0 Å². The van der Waals surface area contributed by atoms with Crippen LogP contribution in [0.15, 0.2) is 18.6 Å². The largest absolute Gasteiger partial charge is 0.444 e. The minimum absolute atomic E-state index is 0.0933. The van der Waals surface area contributed by atoms with Gasteiger partial charge in [0.25, 0.3) is 0 Å². The SMILES string of the molecule is C[C@@H](OC[C@@H]1CCN(C(=O)OC(C)(C)C)C1)c1cnccn1. The number of carbonyl (C=O) groups excluding carboxylic acids is 1. The van der Waals surface area contributed by atoms with E-state index in [0.29, 0.717) is 19.1 Å². The second-order valence-corrected chi connectivity index (χ2v) is 6.69. The number of ether oxygens (including phenoxy) is 2. The molecule has 1 aromatic heterocycles. The second-order valence-electron chi connectivity index (χ2n) is 6.69. The number of carbonyl (C=O) groups is 1. The van der Waals surface area contributed by atoms with E-state index in [-0.39, 0.29) is 12.2 Å². The van der Waals surface area contributed by atoms with Gasteiger partial charge in [-0.3, -0.25) is 9.97 Å². The summed E-state index contributed by atoms with van der Waals surface area (Å²) < 4.78 is 11.3. The third kappa shape index (κ3) is 4.94. The molecule has 0 unspecified atom stereocenters. The molecule has 2 rings (SSSR count). The maximum Gasteiger partial charge on any atom is 0.410 e. The van der Waals surface area contributed by atoms with Gasteiger partial charge in [0.15, 0.2) is 0 Å². The molecule has 2 heterocycles. The molecule has 0 saturated carbocycles. The summed E-state index contributed by atoms with van der Waals surface area (Å²) >= 11 is 0. The van der Waals surface area contributed by atoms with Crippen LogP contribution in [0.4, 0.5) is 4.79 Å². The molecule has 1 saturated heterocycles. The van der Waals surface area contributed by atoms with Gasteiger partial charge in [0, 0.05) is 31.4 Å². The van der Waals surface area contributed by atoms with Gasteiger partial charge in [-0.05, 0) is 34.1 Å². The van der Waals surface area contributed by atoms with Crippen LogP contribution in [-0.4, -0.2) is 46.3 Å². The molecular formula is C16H25N3O3. The van der Waals surface area contributed by atoms with Crippen molar-refractivity contribution in [3.8, 4) is 0 Å². The molecule has 1 fully saturated rings. The van der Waals surface area contributed by atoms with E-state index < -0.39 is 5.60 Å². The zero-order chi connectivity index (χ0) is 16.2.